The fraction of sp³-hybridized carbons (Fsp3) is 0.400. The van der Waals surface area contributed by atoms with Crippen molar-refractivity contribution in [2.24, 2.45) is 7.05 Å². The van der Waals surface area contributed by atoms with Crippen molar-refractivity contribution in [3.63, 3.8) is 0 Å². The summed E-state index contributed by atoms with van der Waals surface area (Å²) in [5.74, 6) is 0. The van der Waals surface area contributed by atoms with Crippen molar-refractivity contribution in [2.75, 3.05) is 6.54 Å². The topological polar surface area (TPSA) is 29.9 Å². The van der Waals surface area contributed by atoms with Gasteiger partial charge in [-0.05, 0) is 42.6 Å². The highest BCUT2D eigenvalue weighted by atomic mass is 79.9. The number of nitrogens with one attached hydrogen (secondary N) is 1. The Morgan fingerprint density at radius 1 is 1.45 bits per heavy atom. The monoisotopic (exact) mass is 355 g/mol. The molecule has 3 nitrogen and oxygen atoms in total. The van der Waals surface area contributed by atoms with Gasteiger partial charge in [-0.25, -0.2) is 0 Å². The number of aromatic nitrogens is 2. The molecule has 108 valence electrons. The lowest BCUT2D eigenvalue weighted by atomic mass is 10.0. The smallest absolute Gasteiger partial charge is 0.0522 e. The van der Waals surface area contributed by atoms with Crippen molar-refractivity contribution >= 4 is 27.5 Å². The van der Waals surface area contributed by atoms with Gasteiger partial charge in [0.15, 0.2) is 0 Å². The van der Waals surface area contributed by atoms with Crippen LogP contribution in [0, 0.1) is 0 Å². The van der Waals surface area contributed by atoms with Gasteiger partial charge in [0.25, 0.3) is 0 Å². The molecule has 5 heteroatoms. The highest BCUT2D eigenvalue weighted by molar-refractivity contribution is 9.10. The molecule has 20 heavy (non-hydrogen) atoms. The maximum absolute atomic E-state index is 6.38. The van der Waals surface area contributed by atoms with Crippen molar-refractivity contribution < 1.29 is 0 Å². The Kier molecular flexibility index (Phi) is 5.64. The number of hydrogen-bond acceptors (Lipinski definition) is 2. The third kappa shape index (κ3) is 4.08. The van der Waals surface area contributed by atoms with Crippen LogP contribution >= 0.6 is 27.5 Å². The number of hydrogen-bond donors (Lipinski definition) is 1. The quantitative estimate of drug-likeness (QED) is 0.844. The first kappa shape index (κ1) is 15.5. The van der Waals surface area contributed by atoms with Gasteiger partial charge in [0.05, 0.1) is 6.20 Å². The number of nitrogens with zero attached hydrogens (tertiary/aromatic N) is 2. The zero-order chi connectivity index (χ0) is 14.5. The maximum atomic E-state index is 6.38. The zero-order valence-corrected chi connectivity index (χ0v) is 14.1. The van der Waals surface area contributed by atoms with Gasteiger partial charge >= 0.3 is 0 Å². The Hall–Kier alpha value is -0.840. The molecule has 0 aliphatic heterocycles. The lowest BCUT2D eigenvalue weighted by Crippen LogP contribution is -2.24. The summed E-state index contributed by atoms with van der Waals surface area (Å²) < 4.78 is 2.83. The Morgan fingerprint density at radius 2 is 2.25 bits per heavy atom. The molecule has 1 aromatic heterocycles. The Labute approximate surface area is 133 Å². The van der Waals surface area contributed by atoms with Crippen LogP contribution in [0.4, 0.5) is 0 Å². The number of benzene rings is 1. The maximum Gasteiger partial charge on any atom is 0.0522 e. The minimum Gasteiger partial charge on any atom is -0.310 e. The Morgan fingerprint density at radius 3 is 2.85 bits per heavy atom. The molecule has 2 aromatic rings. The van der Waals surface area contributed by atoms with E-state index >= 15 is 0 Å². The van der Waals surface area contributed by atoms with Gasteiger partial charge < -0.3 is 5.32 Å². The predicted octanol–water partition coefficient (Wildman–Crippen LogP) is 4.12. The van der Waals surface area contributed by atoms with Crippen LogP contribution in [0.15, 0.2) is 35.1 Å². The second-order valence-electron chi connectivity index (χ2n) is 4.90. The predicted molar refractivity (Wildman–Crippen MR) is 87.1 cm³/mol. The lowest BCUT2D eigenvalue weighted by molar-refractivity contribution is 0.529. The van der Waals surface area contributed by atoms with Crippen LogP contribution in [0.2, 0.25) is 5.02 Å². The van der Waals surface area contributed by atoms with Crippen LogP contribution in [0.3, 0.4) is 0 Å². The second kappa shape index (κ2) is 7.25. The number of halogens is 2. The van der Waals surface area contributed by atoms with Gasteiger partial charge in [-0.2, -0.15) is 5.10 Å². The van der Waals surface area contributed by atoms with Crippen LogP contribution in [-0.4, -0.2) is 16.3 Å². The van der Waals surface area contributed by atoms with Crippen molar-refractivity contribution in [2.45, 2.75) is 25.8 Å². The Balaban J connectivity index is 2.22. The molecule has 0 fully saturated rings. The third-order valence-electron chi connectivity index (χ3n) is 3.18. The van der Waals surface area contributed by atoms with Crippen LogP contribution in [0.1, 0.15) is 30.5 Å². The summed E-state index contributed by atoms with van der Waals surface area (Å²) in [5.41, 5.74) is 2.34. The van der Waals surface area contributed by atoms with Crippen LogP contribution < -0.4 is 5.32 Å². The summed E-state index contributed by atoms with van der Waals surface area (Å²) >= 11 is 9.83. The first-order valence-electron chi connectivity index (χ1n) is 6.76. The summed E-state index contributed by atoms with van der Waals surface area (Å²) in [6.45, 7) is 3.13. The molecule has 1 N–H and O–H groups in total. The average molecular weight is 357 g/mol. The summed E-state index contributed by atoms with van der Waals surface area (Å²) in [6.07, 6.45) is 5.94. The molecule has 1 aromatic carbocycles. The summed E-state index contributed by atoms with van der Waals surface area (Å²) in [4.78, 5) is 0. The van der Waals surface area contributed by atoms with E-state index in [4.69, 9.17) is 11.6 Å². The second-order valence-corrected chi connectivity index (χ2v) is 6.22. The molecule has 0 aliphatic carbocycles. The van der Waals surface area contributed by atoms with E-state index in [2.05, 4.69) is 39.3 Å². The molecule has 0 spiro atoms. The van der Waals surface area contributed by atoms with Gasteiger partial charge in [-0.1, -0.05) is 40.5 Å². The standard InChI is InChI=1S/C15H19BrClN3/c1-3-6-18-15(7-11-9-19-20(2)10-11)13-5-4-12(16)8-14(13)17/h4-5,8-10,15,18H,3,6-7H2,1-2H3. The van der Waals surface area contributed by atoms with Crippen molar-refractivity contribution in [3.05, 3.63) is 51.2 Å². The fourth-order valence-electron chi connectivity index (χ4n) is 2.21. The fourth-order valence-corrected chi connectivity index (χ4v) is 3.01. The van der Waals surface area contributed by atoms with Crippen molar-refractivity contribution in [1.29, 1.82) is 0 Å². The van der Waals surface area contributed by atoms with Crippen LogP contribution in [0.25, 0.3) is 0 Å². The molecule has 1 unspecified atom stereocenters. The molecule has 0 bridgehead atoms. The van der Waals surface area contributed by atoms with Gasteiger partial charge in [0.2, 0.25) is 0 Å². The largest absolute Gasteiger partial charge is 0.310 e. The normalized spacial score (nSPS) is 12.6. The van der Waals surface area contributed by atoms with Crippen molar-refractivity contribution in [3.8, 4) is 0 Å². The molecule has 0 saturated carbocycles. The summed E-state index contributed by atoms with van der Waals surface area (Å²) in [7, 11) is 1.94. The molecule has 2 rings (SSSR count). The molecule has 1 heterocycles. The van der Waals surface area contributed by atoms with Crippen molar-refractivity contribution in [1.82, 2.24) is 15.1 Å². The third-order valence-corrected chi connectivity index (χ3v) is 4.00. The number of rotatable bonds is 6. The van der Waals surface area contributed by atoms with E-state index in [-0.39, 0.29) is 6.04 Å². The van der Waals surface area contributed by atoms with Gasteiger partial charge in [0.1, 0.15) is 0 Å². The van der Waals surface area contributed by atoms with E-state index in [0.29, 0.717) is 0 Å². The van der Waals surface area contributed by atoms with E-state index < -0.39 is 0 Å². The van der Waals surface area contributed by atoms with E-state index in [0.717, 1.165) is 34.4 Å². The van der Waals surface area contributed by atoms with E-state index in [9.17, 15) is 0 Å². The van der Waals surface area contributed by atoms with Gasteiger partial charge in [-0.3, -0.25) is 4.68 Å². The molecular formula is C15H19BrClN3. The number of aryl methyl sites for hydroxylation is 1. The van der Waals surface area contributed by atoms with Gasteiger partial charge in [0, 0.05) is 28.8 Å². The highest BCUT2D eigenvalue weighted by Crippen LogP contribution is 2.28. The van der Waals surface area contributed by atoms with Crippen LogP contribution in [-0.2, 0) is 13.5 Å². The zero-order valence-electron chi connectivity index (χ0n) is 11.7. The summed E-state index contributed by atoms with van der Waals surface area (Å²) in [5, 5.41) is 8.58. The molecule has 0 saturated heterocycles. The molecule has 1 atom stereocenters. The first-order chi connectivity index (χ1) is 9.60. The highest BCUT2D eigenvalue weighted by Gasteiger charge is 2.15. The SMILES string of the molecule is CCCNC(Cc1cnn(C)c1)c1ccc(Br)cc1Cl. The van der Waals surface area contributed by atoms with E-state index in [1.54, 1.807) is 0 Å². The molecule has 0 radical (unpaired) electrons. The summed E-state index contributed by atoms with van der Waals surface area (Å²) in [6, 6.07) is 6.27. The average Bonchev–Trinajstić information content (AvgIpc) is 2.80. The minimum atomic E-state index is 0.208. The Bertz CT molecular complexity index is 568. The van der Waals surface area contributed by atoms with E-state index in [1.165, 1.54) is 5.56 Å². The molecule has 0 amide bonds. The van der Waals surface area contributed by atoms with Gasteiger partial charge in [-0.15, -0.1) is 0 Å². The lowest BCUT2D eigenvalue weighted by Gasteiger charge is -2.20. The first-order valence-corrected chi connectivity index (χ1v) is 7.93. The van der Waals surface area contributed by atoms with E-state index in [1.807, 2.05) is 36.3 Å². The van der Waals surface area contributed by atoms with Crippen LogP contribution in [0.5, 0.6) is 0 Å². The minimum absolute atomic E-state index is 0.208. The molecule has 0 aliphatic rings. The molecular weight excluding hydrogens is 338 g/mol.